The molecule has 0 unspecified atom stereocenters. The molecule has 1 fully saturated rings. The number of aliphatic imine (C=N–C) groups is 1. The number of aryl methyl sites for hydroxylation is 1. The molecule has 3 heterocycles. The van der Waals surface area contributed by atoms with Crippen molar-refractivity contribution in [2.75, 3.05) is 13.1 Å². The molecule has 5 rings (SSSR count). The zero-order valence-corrected chi connectivity index (χ0v) is 17.6. The number of benzene rings is 2. The predicted octanol–water partition coefficient (Wildman–Crippen LogP) is 4.22. The van der Waals surface area contributed by atoms with Crippen molar-refractivity contribution in [2.45, 2.75) is 25.9 Å². The average Bonchev–Trinajstić information content (AvgIpc) is 3.28. The van der Waals surface area contributed by atoms with Gasteiger partial charge in [-0.15, -0.1) is 0 Å². The van der Waals surface area contributed by atoms with Crippen molar-refractivity contribution in [3.8, 4) is 0 Å². The van der Waals surface area contributed by atoms with E-state index in [4.69, 9.17) is 9.73 Å². The Morgan fingerprint density at radius 3 is 2.55 bits per heavy atom. The number of rotatable bonds is 3. The van der Waals surface area contributed by atoms with Crippen LogP contribution in [0, 0.1) is 5.92 Å². The number of pyridine rings is 1. The summed E-state index contributed by atoms with van der Waals surface area (Å²) in [6.45, 7) is 1.58. The molecule has 2 aliphatic rings. The van der Waals surface area contributed by atoms with Crippen molar-refractivity contribution in [2.24, 2.45) is 18.0 Å². The second-order valence-corrected chi connectivity index (χ2v) is 8.29. The predicted molar refractivity (Wildman–Crippen MR) is 121 cm³/mol. The van der Waals surface area contributed by atoms with E-state index in [0.717, 1.165) is 46.3 Å². The first kappa shape index (κ1) is 19.5. The highest BCUT2D eigenvalue weighted by atomic mass is 16.6. The van der Waals surface area contributed by atoms with Crippen LogP contribution in [-0.4, -0.2) is 34.4 Å². The van der Waals surface area contributed by atoms with Crippen LogP contribution in [0.5, 0.6) is 0 Å². The van der Waals surface area contributed by atoms with E-state index in [0.29, 0.717) is 19.5 Å². The van der Waals surface area contributed by atoms with Crippen molar-refractivity contribution in [1.29, 1.82) is 0 Å². The Labute approximate surface area is 180 Å². The van der Waals surface area contributed by atoms with Crippen molar-refractivity contribution in [3.63, 3.8) is 0 Å². The van der Waals surface area contributed by atoms with Gasteiger partial charge in [-0.25, -0.2) is 4.79 Å². The first-order valence-corrected chi connectivity index (χ1v) is 10.8. The number of likely N-dealkylation sites (tertiary alicyclic amines) is 1. The summed E-state index contributed by atoms with van der Waals surface area (Å²) in [5.74, 6) is 0.286. The molecule has 1 aromatic heterocycles. The van der Waals surface area contributed by atoms with Crippen molar-refractivity contribution >= 4 is 28.4 Å². The quantitative estimate of drug-likeness (QED) is 0.644. The topological polar surface area (TPSA) is 63.9 Å². The number of hydrogen-bond acceptors (Lipinski definition) is 4. The molecule has 0 bridgehead atoms. The molecule has 158 valence electrons. The summed E-state index contributed by atoms with van der Waals surface area (Å²) in [6, 6.07) is 17.6. The molecule has 6 nitrogen and oxygen atoms in total. The molecule has 6 heteroatoms. The van der Waals surface area contributed by atoms with Crippen LogP contribution in [0.1, 0.15) is 24.0 Å². The summed E-state index contributed by atoms with van der Waals surface area (Å²) < 4.78 is 7.19. The van der Waals surface area contributed by atoms with E-state index in [1.165, 1.54) is 0 Å². The van der Waals surface area contributed by atoms with E-state index in [-0.39, 0.29) is 24.2 Å². The van der Waals surface area contributed by atoms with Gasteiger partial charge in [0, 0.05) is 49.1 Å². The molecule has 2 aromatic carbocycles. The second-order valence-electron chi connectivity index (χ2n) is 8.29. The van der Waals surface area contributed by atoms with Crippen molar-refractivity contribution < 1.29 is 9.53 Å². The lowest BCUT2D eigenvalue weighted by atomic mass is 9.90. The molecule has 0 N–H and O–H groups in total. The van der Waals surface area contributed by atoms with Gasteiger partial charge in [0.1, 0.15) is 6.61 Å². The minimum absolute atomic E-state index is 0.0365. The SMILES string of the molecule is Cn1c(=O)c2c(c3ccccc31)N=C(C1CCN(C(=O)OCc3ccccc3)CC1)C2. The Balaban J connectivity index is 1.26. The maximum Gasteiger partial charge on any atom is 0.410 e. The normalized spacial score (nSPS) is 16.3. The lowest BCUT2D eigenvalue weighted by molar-refractivity contribution is 0.0864. The van der Waals surface area contributed by atoms with Crippen LogP contribution < -0.4 is 5.56 Å². The summed E-state index contributed by atoms with van der Waals surface area (Å²) in [6.07, 6.45) is 2.02. The number of para-hydroxylation sites is 1. The minimum Gasteiger partial charge on any atom is -0.445 e. The fourth-order valence-electron chi connectivity index (χ4n) is 4.63. The van der Waals surface area contributed by atoms with Crippen LogP contribution in [0.15, 0.2) is 64.4 Å². The van der Waals surface area contributed by atoms with Gasteiger partial charge in [0.05, 0.1) is 11.2 Å². The molecule has 0 radical (unpaired) electrons. The lowest BCUT2D eigenvalue weighted by Gasteiger charge is -2.31. The van der Waals surface area contributed by atoms with Gasteiger partial charge in [-0.3, -0.25) is 9.79 Å². The molecular weight excluding hydrogens is 390 g/mol. The zero-order valence-electron chi connectivity index (χ0n) is 17.6. The maximum absolute atomic E-state index is 12.9. The van der Waals surface area contributed by atoms with Gasteiger partial charge in [-0.2, -0.15) is 0 Å². The molecular formula is C25H25N3O3. The first-order chi connectivity index (χ1) is 15.1. The molecule has 31 heavy (non-hydrogen) atoms. The average molecular weight is 415 g/mol. The van der Waals surface area contributed by atoms with E-state index in [9.17, 15) is 9.59 Å². The summed E-state index contributed by atoms with van der Waals surface area (Å²) >= 11 is 0. The van der Waals surface area contributed by atoms with Gasteiger partial charge in [0.2, 0.25) is 0 Å². The summed E-state index contributed by atoms with van der Waals surface area (Å²) in [5, 5.41) is 1.02. The van der Waals surface area contributed by atoms with Crippen LogP contribution in [0.2, 0.25) is 0 Å². The van der Waals surface area contributed by atoms with Gasteiger partial charge in [0.25, 0.3) is 5.56 Å². The zero-order chi connectivity index (χ0) is 21.4. The number of carbonyl (C=O) groups excluding carboxylic acids is 1. The highest BCUT2D eigenvalue weighted by Gasteiger charge is 2.31. The number of nitrogens with zero attached hydrogens (tertiary/aromatic N) is 3. The van der Waals surface area contributed by atoms with Crippen LogP contribution in [0.25, 0.3) is 10.9 Å². The van der Waals surface area contributed by atoms with Gasteiger partial charge in [0.15, 0.2) is 0 Å². The third-order valence-electron chi connectivity index (χ3n) is 6.41. The molecule has 0 atom stereocenters. The number of aromatic nitrogens is 1. The number of piperidine rings is 1. The molecule has 3 aromatic rings. The van der Waals surface area contributed by atoms with E-state index in [2.05, 4.69) is 0 Å². The van der Waals surface area contributed by atoms with Crippen LogP contribution in [0.4, 0.5) is 10.5 Å². The number of hydrogen-bond donors (Lipinski definition) is 0. The largest absolute Gasteiger partial charge is 0.445 e. The minimum atomic E-state index is -0.265. The number of carbonyl (C=O) groups is 1. The Hall–Kier alpha value is -3.41. The summed E-state index contributed by atoms with van der Waals surface area (Å²) in [5.41, 5.74) is 4.62. The monoisotopic (exact) mass is 415 g/mol. The van der Waals surface area contributed by atoms with Crippen molar-refractivity contribution in [1.82, 2.24) is 9.47 Å². The standard InChI is InChI=1S/C25H25N3O3/c1-27-22-10-6-5-9-19(22)23-20(24(27)29)15-21(26-23)18-11-13-28(14-12-18)25(30)31-16-17-7-3-2-4-8-17/h2-10,18H,11-16H2,1H3. The molecule has 1 amide bonds. The highest BCUT2D eigenvalue weighted by molar-refractivity contribution is 6.03. The fourth-order valence-corrected chi connectivity index (χ4v) is 4.63. The Morgan fingerprint density at radius 2 is 1.77 bits per heavy atom. The molecule has 0 spiro atoms. The first-order valence-electron chi connectivity index (χ1n) is 10.8. The Kier molecular flexibility index (Phi) is 5.06. The van der Waals surface area contributed by atoms with E-state index >= 15 is 0 Å². The van der Waals surface area contributed by atoms with Gasteiger partial charge in [-0.1, -0.05) is 48.5 Å². The summed E-state index contributed by atoms with van der Waals surface area (Å²) in [7, 11) is 1.82. The number of fused-ring (bicyclic) bond motifs is 3. The van der Waals surface area contributed by atoms with Gasteiger partial charge < -0.3 is 14.2 Å². The van der Waals surface area contributed by atoms with E-state index < -0.39 is 0 Å². The third kappa shape index (κ3) is 3.63. The van der Waals surface area contributed by atoms with Gasteiger partial charge >= 0.3 is 6.09 Å². The third-order valence-corrected chi connectivity index (χ3v) is 6.41. The second kappa shape index (κ2) is 8.02. The molecule has 0 aliphatic carbocycles. The Bertz CT molecular complexity index is 1220. The van der Waals surface area contributed by atoms with E-state index in [1.807, 2.05) is 61.6 Å². The van der Waals surface area contributed by atoms with Crippen molar-refractivity contribution in [3.05, 3.63) is 76.1 Å². The lowest BCUT2D eigenvalue weighted by Crippen LogP contribution is -2.40. The number of ether oxygens (including phenoxy) is 1. The maximum atomic E-state index is 12.9. The van der Waals surface area contributed by atoms with Crippen LogP contribution >= 0.6 is 0 Å². The van der Waals surface area contributed by atoms with Gasteiger partial charge in [-0.05, 0) is 24.5 Å². The van der Waals surface area contributed by atoms with Crippen LogP contribution in [-0.2, 0) is 24.8 Å². The molecule has 2 aliphatic heterocycles. The fraction of sp³-hybridized carbons (Fsp3) is 0.320. The summed E-state index contributed by atoms with van der Waals surface area (Å²) in [4.78, 5) is 32.0. The number of amides is 1. The smallest absolute Gasteiger partial charge is 0.410 e. The Morgan fingerprint density at radius 1 is 1.06 bits per heavy atom. The molecule has 1 saturated heterocycles. The van der Waals surface area contributed by atoms with Crippen LogP contribution in [0.3, 0.4) is 0 Å². The van der Waals surface area contributed by atoms with E-state index in [1.54, 1.807) is 9.47 Å². The molecule has 0 saturated carbocycles. The highest BCUT2D eigenvalue weighted by Crippen LogP contribution is 2.35.